The molecule has 5 heteroatoms. The van der Waals surface area contributed by atoms with Crippen LogP contribution in [0, 0.1) is 0 Å². The molecule has 1 aromatic rings. The molecule has 1 atom stereocenters. The van der Waals surface area contributed by atoms with Crippen LogP contribution in [0.3, 0.4) is 0 Å². The van der Waals surface area contributed by atoms with E-state index < -0.39 is 5.97 Å². The van der Waals surface area contributed by atoms with Gasteiger partial charge in [-0.3, -0.25) is 0 Å². The van der Waals surface area contributed by atoms with Crippen LogP contribution in [-0.2, 0) is 4.74 Å². The molecule has 1 fully saturated rings. The Balaban J connectivity index is 2.09. The lowest BCUT2D eigenvalue weighted by Gasteiger charge is -2.11. The molecule has 1 saturated heterocycles. The van der Waals surface area contributed by atoms with Crippen LogP contribution in [0.15, 0.2) is 23.1 Å². The zero-order valence-electron chi connectivity index (χ0n) is 9.19. The summed E-state index contributed by atoms with van der Waals surface area (Å²) in [6.07, 6.45) is 2.38. The van der Waals surface area contributed by atoms with Crippen molar-refractivity contribution in [2.75, 3.05) is 12.4 Å². The number of ether oxygens (including phenoxy) is 1. The van der Waals surface area contributed by atoms with E-state index in [9.17, 15) is 4.79 Å². The van der Waals surface area contributed by atoms with Gasteiger partial charge in [-0.2, -0.15) is 0 Å². The molecule has 1 unspecified atom stereocenters. The van der Waals surface area contributed by atoms with Crippen molar-refractivity contribution < 1.29 is 14.6 Å². The van der Waals surface area contributed by atoms with Crippen LogP contribution >= 0.6 is 23.4 Å². The number of carboxylic acid groups (broad SMARTS) is 1. The Morgan fingerprint density at radius 3 is 3.06 bits per heavy atom. The van der Waals surface area contributed by atoms with Gasteiger partial charge in [0.2, 0.25) is 0 Å². The molecule has 3 nitrogen and oxygen atoms in total. The zero-order valence-corrected chi connectivity index (χ0v) is 10.8. The summed E-state index contributed by atoms with van der Waals surface area (Å²) in [5.74, 6) is -0.203. The number of aromatic carboxylic acids is 1. The lowest BCUT2D eigenvalue weighted by atomic mass is 10.2. The zero-order chi connectivity index (χ0) is 12.3. The van der Waals surface area contributed by atoms with Gasteiger partial charge in [0.25, 0.3) is 0 Å². The fourth-order valence-electron chi connectivity index (χ4n) is 1.79. The van der Waals surface area contributed by atoms with Gasteiger partial charge in [0.15, 0.2) is 0 Å². The maximum atomic E-state index is 11.1. The van der Waals surface area contributed by atoms with E-state index in [2.05, 4.69) is 0 Å². The van der Waals surface area contributed by atoms with Gasteiger partial charge in [-0.25, -0.2) is 4.79 Å². The lowest BCUT2D eigenvalue weighted by Crippen LogP contribution is -2.09. The van der Waals surface area contributed by atoms with Gasteiger partial charge in [-0.15, -0.1) is 11.8 Å². The molecule has 1 aromatic carbocycles. The van der Waals surface area contributed by atoms with Gasteiger partial charge in [-0.05, 0) is 25.0 Å². The summed E-state index contributed by atoms with van der Waals surface area (Å²) in [4.78, 5) is 11.8. The Morgan fingerprint density at radius 2 is 2.41 bits per heavy atom. The molecule has 1 N–H and O–H groups in total. The number of thioether (sulfide) groups is 1. The first kappa shape index (κ1) is 12.7. The standard InChI is InChI=1S/C12H13ClO3S/c13-9-4-1-5-10(11(9)12(14)15)17-7-8-3-2-6-16-8/h1,4-5,8H,2-3,6-7H2,(H,14,15). The van der Waals surface area contributed by atoms with Crippen LogP contribution in [0.5, 0.6) is 0 Å². The summed E-state index contributed by atoms with van der Waals surface area (Å²) >= 11 is 7.39. The average molecular weight is 273 g/mol. The van der Waals surface area contributed by atoms with E-state index in [0.29, 0.717) is 4.90 Å². The van der Waals surface area contributed by atoms with Crippen molar-refractivity contribution >= 4 is 29.3 Å². The van der Waals surface area contributed by atoms with Crippen LogP contribution in [0.2, 0.25) is 5.02 Å². The summed E-state index contributed by atoms with van der Waals surface area (Å²) in [6.45, 7) is 0.812. The molecule has 0 aliphatic carbocycles. The maximum absolute atomic E-state index is 11.1. The van der Waals surface area contributed by atoms with Crippen molar-refractivity contribution in [3.05, 3.63) is 28.8 Å². The molecule has 1 heterocycles. The highest BCUT2D eigenvalue weighted by Crippen LogP contribution is 2.30. The maximum Gasteiger partial charge on any atom is 0.338 e. The molecule has 0 aromatic heterocycles. The summed E-state index contributed by atoms with van der Waals surface area (Å²) in [5, 5.41) is 9.40. The van der Waals surface area contributed by atoms with Crippen molar-refractivity contribution in [2.45, 2.75) is 23.8 Å². The number of halogens is 1. The van der Waals surface area contributed by atoms with Gasteiger partial charge >= 0.3 is 5.97 Å². The quantitative estimate of drug-likeness (QED) is 0.854. The fourth-order valence-corrected chi connectivity index (χ4v) is 3.25. The van der Waals surface area contributed by atoms with E-state index in [-0.39, 0.29) is 16.7 Å². The van der Waals surface area contributed by atoms with Gasteiger partial charge in [0.1, 0.15) is 0 Å². The van der Waals surface area contributed by atoms with Gasteiger partial charge in [0, 0.05) is 17.3 Å². The van der Waals surface area contributed by atoms with Gasteiger partial charge in [0.05, 0.1) is 16.7 Å². The highest BCUT2D eigenvalue weighted by Gasteiger charge is 2.19. The predicted molar refractivity (Wildman–Crippen MR) is 68.1 cm³/mol. The molecule has 0 saturated carbocycles. The number of carbonyl (C=O) groups is 1. The summed E-state index contributed by atoms with van der Waals surface area (Å²) < 4.78 is 5.50. The second-order valence-corrected chi connectivity index (χ2v) is 5.33. The van der Waals surface area contributed by atoms with Crippen molar-refractivity contribution in [1.29, 1.82) is 0 Å². The normalized spacial score (nSPS) is 19.5. The van der Waals surface area contributed by atoms with E-state index in [1.807, 2.05) is 0 Å². The van der Waals surface area contributed by atoms with Crippen LogP contribution in [-0.4, -0.2) is 29.5 Å². The second-order valence-electron chi connectivity index (χ2n) is 3.86. The molecular weight excluding hydrogens is 260 g/mol. The van der Waals surface area contributed by atoms with E-state index in [4.69, 9.17) is 21.4 Å². The van der Waals surface area contributed by atoms with E-state index in [1.54, 1.807) is 18.2 Å². The minimum absolute atomic E-state index is 0.192. The second kappa shape index (κ2) is 5.76. The van der Waals surface area contributed by atoms with Crippen molar-refractivity contribution in [3.63, 3.8) is 0 Å². The van der Waals surface area contributed by atoms with E-state index >= 15 is 0 Å². The SMILES string of the molecule is O=C(O)c1c(Cl)cccc1SCC1CCCO1. The highest BCUT2D eigenvalue weighted by atomic mass is 35.5. The molecule has 2 rings (SSSR count). The van der Waals surface area contributed by atoms with Crippen molar-refractivity contribution in [3.8, 4) is 0 Å². The van der Waals surface area contributed by atoms with Gasteiger partial charge < -0.3 is 9.84 Å². The van der Waals surface area contributed by atoms with Crippen LogP contribution in [0.1, 0.15) is 23.2 Å². The number of carboxylic acids is 1. The third-order valence-corrected chi connectivity index (χ3v) is 4.14. The fraction of sp³-hybridized carbons (Fsp3) is 0.417. The van der Waals surface area contributed by atoms with Crippen LogP contribution < -0.4 is 0 Å². The molecule has 92 valence electrons. The number of benzene rings is 1. The van der Waals surface area contributed by atoms with E-state index in [1.165, 1.54) is 11.8 Å². The molecule has 0 radical (unpaired) electrons. The Bertz CT molecular complexity index is 416. The number of hydrogen-bond acceptors (Lipinski definition) is 3. The van der Waals surface area contributed by atoms with Crippen LogP contribution in [0.25, 0.3) is 0 Å². The Labute approximate surface area is 109 Å². The molecule has 0 spiro atoms. The minimum Gasteiger partial charge on any atom is -0.478 e. The summed E-state index contributed by atoms with van der Waals surface area (Å²) in [5.41, 5.74) is 0.192. The molecule has 1 aliphatic rings. The Hall–Kier alpha value is -0.710. The molecular formula is C12H13ClO3S. The summed E-state index contributed by atoms with van der Waals surface area (Å²) in [7, 11) is 0. The number of rotatable bonds is 4. The van der Waals surface area contributed by atoms with Crippen molar-refractivity contribution in [1.82, 2.24) is 0 Å². The minimum atomic E-state index is -0.981. The Morgan fingerprint density at radius 1 is 1.59 bits per heavy atom. The average Bonchev–Trinajstić information content (AvgIpc) is 2.78. The topological polar surface area (TPSA) is 46.5 Å². The van der Waals surface area contributed by atoms with Gasteiger partial charge in [-0.1, -0.05) is 17.7 Å². The number of hydrogen-bond donors (Lipinski definition) is 1. The first-order chi connectivity index (χ1) is 8.18. The predicted octanol–water partition coefficient (Wildman–Crippen LogP) is 3.31. The first-order valence-corrected chi connectivity index (χ1v) is 6.81. The third kappa shape index (κ3) is 3.15. The first-order valence-electron chi connectivity index (χ1n) is 5.44. The Kier molecular flexibility index (Phi) is 4.31. The largest absolute Gasteiger partial charge is 0.478 e. The molecule has 0 amide bonds. The smallest absolute Gasteiger partial charge is 0.338 e. The molecule has 0 bridgehead atoms. The molecule has 1 aliphatic heterocycles. The summed E-state index contributed by atoms with van der Waals surface area (Å²) in [6, 6.07) is 5.16. The lowest BCUT2D eigenvalue weighted by molar-refractivity contribution is 0.0693. The van der Waals surface area contributed by atoms with Crippen LogP contribution in [0.4, 0.5) is 0 Å². The third-order valence-electron chi connectivity index (χ3n) is 2.64. The van der Waals surface area contributed by atoms with E-state index in [0.717, 1.165) is 25.2 Å². The highest BCUT2D eigenvalue weighted by molar-refractivity contribution is 7.99. The molecule has 17 heavy (non-hydrogen) atoms. The monoisotopic (exact) mass is 272 g/mol. The van der Waals surface area contributed by atoms with Crippen molar-refractivity contribution in [2.24, 2.45) is 0 Å².